The van der Waals surface area contributed by atoms with Crippen molar-refractivity contribution < 1.29 is 9.18 Å². The van der Waals surface area contributed by atoms with E-state index in [0.29, 0.717) is 31.0 Å². The number of carbonyl (C=O) groups excluding carboxylic acids is 1. The molecule has 1 aromatic rings. The first-order valence-corrected chi connectivity index (χ1v) is 7.22. The van der Waals surface area contributed by atoms with Crippen LogP contribution in [0.25, 0.3) is 0 Å². The molecule has 0 aromatic heterocycles. The Labute approximate surface area is 118 Å². The second-order valence-electron chi connectivity index (χ2n) is 5.11. The molecule has 0 bridgehead atoms. The van der Waals surface area contributed by atoms with Crippen molar-refractivity contribution >= 4 is 17.4 Å². The van der Waals surface area contributed by atoms with Gasteiger partial charge in [-0.3, -0.25) is 4.79 Å². The number of benzene rings is 1. The Kier molecular flexibility index (Phi) is 5.34. The smallest absolute Gasteiger partial charge is 0.146 e. The fourth-order valence-corrected chi connectivity index (χ4v) is 2.69. The fraction of sp³-hybridized carbons (Fsp3) is 0.533. The molecule has 1 aliphatic carbocycles. The van der Waals surface area contributed by atoms with Crippen LogP contribution in [0.4, 0.5) is 4.39 Å². The third-order valence-electron chi connectivity index (χ3n) is 3.65. The first-order chi connectivity index (χ1) is 9.16. The Morgan fingerprint density at radius 3 is 2.84 bits per heavy atom. The average Bonchev–Trinajstić information content (AvgIpc) is 2.91. The third kappa shape index (κ3) is 4.29. The van der Waals surface area contributed by atoms with Crippen LogP contribution in [0.1, 0.15) is 37.7 Å². The summed E-state index contributed by atoms with van der Waals surface area (Å²) in [6, 6.07) is 5.40. The van der Waals surface area contributed by atoms with Crippen LogP contribution in [-0.2, 0) is 11.2 Å². The van der Waals surface area contributed by atoms with Gasteiger partial charge in [-0.15, -0.1) is 0 Å². The molecule has 0 radical (unpaired) electrons. The van der Waals surface area contributed by atoms with Crippen molar-refractivity contribution in [2.75, 3.05) is 6.54 Å². The number of hydrogen-bond acceptors (Lipinski definition) is 2. The van der Waals surface area contributed by atoms with Gasteiger partial charge in [-0.1, -0.05) is 36.6 Å². The molecule has 0 atom stereocenters. The summed E-state index contributed by atoms with van der Waals surface area (Å²) >= 11 is 5.70. The van der Waals surface area contributed by atoms with Crippen LogP contribution in [0.15, 0.2) is 18.2 Å². The molecule has 4 heteroatoms. The normalized spacial score (nSPS) is 15.9. The molecular weight excluding hydrogens is 265 g/mol. The maximum Gasteiger partial charge on any atom is 0.146 e. The summed E-state index contributed by atoms with van der Waals surface area (Å²) < 4.78 is 13.6. The molecule has 0 spiro atoms. The van der Waals surface area contributed by atoms with Crippen LogP contribution in [-0.4, -0.2) is 18.4 Å². The van der Waals surface area contributed by atoms with Crippen LogP contribution in [0.2, 0.25) is 5.02 Å². The molecule has 0 heterocycles. The first-order valence-electron chi connectivity index (χ1n) is 6.85. The van der Waals surface area contributed by atoms with Gasteiger partial charge in [0.05, 0.1) is 11.6 Å². The summed E-state index contributed by atoms with van der Waals surface area (Å²) in [5.74, 6) is -0.271. The van der Waals surface area contributed by atoms with E-state index in [1.165, 1.54) is 18.9 Å². The molecule has 0 amide bonds. The van der Waals surface area contributed by atoms with E-state index in [0.717, 1.165) is 12.8 Å². The summed E-state index contributed by atoms with van der Waals surface area (Å²) in [7, 11) is 0. The Hall–Kier alpha value is -0.930. The zero-order valence-corrected chi connectivity index (χ0v) is 11.7. The van der Waals surface area contributed by atoms with E-state index in [4.69, 9.17) is 11.6 Å². The lowest BCUT2D eigenvalue weighted by atomic mass is 10.1. The van der Waals surface area contributed by atoms with Gasteiger partial charge in [-0.05, 0) is 30.9 Å². The minimum absolute atomic E-state index is 0.119. The standard InChI is InChI=1S/C15H19ClFNO/c16-14-7-3-4-11(15(14)17)8-9-13(19)10-18-12-5-1-2-6-12/h3-4,7,12,18H,1-2,5-6,8-10H2. The van der Waals surface area contributed by atoms with E-state index in [-0.39, 0.29) is 10.8 Å². The quantitative estimate of drug-likeness (QED) is 0.865. The minimum atomic E-state index is -0.402. The first kappa shape index (κ1) is 14.5. The number of halogens is 2. The van der Waals surface area contributed by atoms with E-state index >= 15 is 0 Å². The molecule has 19 heavy (non-hydrogen) atoms. The van der Waals surface area contributed by atoms with Crippen LogP contribution < -0.4 is 5.32 Å². The molecule has 1 aromatic carbocycles. The predicted octanol–water partition coefficient (Wildman–Crippen LogP) is 3.51. The topological polar surface area (TPSA) is 29.1 Å². The van der Waals surface area contributed by atoms with E-state index in [1.54, 1.807) is 12.1 Å². The summed E-state index contributed by atoms with van der Waals surface area (Å²) in [4.78, 5) is 11.8. The number of ketones is 1. The minimum Gasteiger partial charge on any atom is -0.307 e. The molecular formula is C15H19ClFNO. The van der Waals surface area contributed by atoms with Crippen LogP contribution in [0, 0.1) is 5.82 Å². The number of nitrogens with one attached hydrogen (secondary N) is 1. The lowest BCUT2D eigenvalue weighted by Crippen LogP contribution is -2.31. The van der Waals surface area contributed by atoms with Gasteiger partial charge in [0.2, 0.25) is 0 Å². The lowest BCUT2D eigenvalue weighted by molar-refractivity contribution is -0.118. The van der Waals surface area contributed by atoms with Crippen LogP contribution in [0.5, 0.6) is 0 Å². The largest absolute Gasteiger partial charge is 0.307 e. The van der Waals surface area contributed by atoms with Crippen LogP contribution >= 0.6 is 11.6 Å². The van der Waals surface area contributed by atoms with Crippen molar-refractivity contribution in [2.24, 2.45) is 0 Å². The van der Waals surface area contributed by atoms with E-state index in [9.17, 15) is 9.18 Å². The van der Waals surface area contributed by atoms with Gasteiger partial charge >= 0.3 is 0 Å². The van der Waals surface area contributed by atoms with E-state index < -0.39 is 5.82 Å². The summed E-state index contributed by atoms with van der Waals surface area (Å²) in [5, 5.41) is 3.39. The Morgan fingerprint density at radius 2 is 2.11 bits per heavy atom. The van der Waals surface area contributed by atoms with Gasteiger partial charge in [0.1, 0.15) is 11.6 Å². The van der Waals surface area contributed by atoms with Crippen molar-refractivity contribution in [1.29, 1.82) is 0 Å². The second-order valence-corrected chi connectivity index (χ2v) is 5.52. The average molecular weight is 284 g/mol. The summed E-state index contributed by atoms with van der Waals surface area (Å²) in [5.41, 5.74) is 0.515. The molecule has 1 saturated carbocycles. The van der Waals surface area contributed by atoms with Crippen molar-refractivity contribution in [3.63, 3.8) is 0 Å². The highest BCUT2D eigenvalue weighted by molar-refractivity contribution is 6.30. The van der Waals surface area contributed by atoms with Crippen LogP contribution in [0.3, 0.4) is 0 Å². The zero-order chi connectivity index (χ0) is 13.7. The Morgan fingerprint density at radius 1 is 1.37 bits per heavy atom. The molecule has 0 aliphatic heterocycles. The van der Waals surface area contributed by atoms with Gasteiger partial charge in [0.25, 0.3) is 0 Å². The summed E-state index contributed by atoms with van der Waals surface area (Å²) in [6.07, 6.45) is 5.60. The number of carbonyl (C=O) groups is 1. The maximum absolute atomic E-state index is 13.6. The van der Waals surface area contributed by atoms with Crippen molar-refractivity contribution in [3.8, 4) is 0 Å². The van der Waals surface area contributed by atoms with E-state index in [1.807, 2.05) is 0 Å². The highest BCUT2D eigenvalue weighted by Crippen LogP contribution is 2.19. The molecule has 0 unspecified atom stereocenters. The number of aryl methyl sites for hydroxylation is 1. The summed E-state index contributed by atoms with van der Waals surface area (Å²) in [6.45, 7) is 0.396. The zero-order valence-electron chi connectivity index (χ0n) is 10.9. The number of rotatable bonds is 6. The highest BCUT2D eigenvalue weighted by Gasteiger charge is 2.15. The fourth-order valence-electron chi connectivity index (χ4n) is 2.49. The second kappa shape index (κ2) is 7.01. The third-order valence-corrected chi connectivity index (χ3v) is 3.94. The van der Waals surface area contributed by atoms with Crippen molar-refractivity contribution in [1.82, 2.24) is 5.32 Å². The van der Waals surface area contributed by atoms with Gasteiger partial charge in [-0.2, -0.15) is 0 Å². The SMILES string of the molecule is O=C(CCc1cccc(Cl)c1F)CNC1CCCC1. The van der Waals surface area contributed by atoms with Crippen molar-refractivity contribution in [3.05, 3.63) is 34.6 Å². The van der Waals surface area contributed by atoms with Gasteiger partial charge < -0.3 is 5.32 Å². The molecule has 2 rings (SSSR count). The number of Topliss-reactive ketones (excluding diaryl/α,β-unsaturated/α-hetero) is 1. The molecule has 0 saturated heterocycles. The van der Waals surface area contributed by atoms with Crippen molar-refractivity contribution in [2.45, 2.75) is 44.6 Å². The molecule has 1 N–H and O–H groups in total. The molecule has 1 fully saturated rings. The lowest BCUT2D eigenvalue weighted by Gasteiger charge is -2.11. The molecule has 2 nitrogen and oxygen atoms in total. The predicted molar refractivity (Wildman–Crippen MR) is 75.0 cm³/mol. The number of hydrogen-bond donors (Lipinski definition) is 1. The van der Waals surface area contributed by atoms with E-state index in [2.05, 4.69) is 5.32 Å². The molecule has 104 valence electrons. The van der Waals surface area contributed by atoms with Gasteiger partial charge in [0, 0.05) is 12.5 Å². The monoisotopic (exact) mass is 283 g/mol. The van der Waals surface area contributed by atoms with Gasteiger partial charge in [-0.25, -0.2) is 4.39 Å². The molecule has 1 aliphatic rings. The van der Waals surface area contributed by atoms with Gasteiger partial charge in [0.15, 0.2) is 0 Å². The Bertz CT molecular complexity index is 444. The maximum atomic E-state index is 13.6. The Balaban J connectivity index is 1.75. The highest BCUT2D eigenvalue weighted by atomic mass is 35.5.